The van der Waals surface area contributed by atoms with Crippen LogP contribution in [0, 0.1) is 12.8 Å². The number of nitrogens with one attached hydrogen (secondary N) is 1. The third kappa shape index (κ3) is 4.70. The van der Waals surface area contributed by atoms with Crippen LogP contribution in [-0.2, 0) is 16.0 Å². The Morgan fingerprint density at radius 1 is 1.07 bits per heavy atom. The summed E-state index contributed by atoms with van der Waals surface area (Å²) in [5.41, 5.74) is 3.11. The van der Waals surface area contributed by atoms with Crippen molar-refractivity contribution < 1.29 is 19.1 Å². The number of rotatable bonds is 5. The van der Waals surface area contributed by atoms with Crippen LogP contribution in [0.4, 0.5) is 5.69 Å². The predicted octanol–water partition coefficient (Wildman–Crippen LogP) is 3.53. The Hall–Kier alpha value is -3.02. The van der Waals surface area contributed by atoms with Crippen LogP contribution in [0.1, 0.15) is 30.4 Å². The molecule has 2 heterocycles. The highest BCUT2D eigenvalue weighted by Crippen LogP contribution is 2.34. The number of fused-ring (bicyclic) bond motifs is 1. The van der Waals surface area contributed by atoms with Crippen LogP contribution in [0.5, 0.6) is 11.5 Å². The molecule has 0 radical (unpaired) electrons. The number of amides is 2. The van der Waals surface area contributed by atoms with Gasteiger partial charge in [-0.05, 0) is 43.9 Å². The zero-order chi connectivity index (χ0) is 20.2. The molecule has 2 aliphatic rings. The fourth-order valence-electron chi connectivity index (χ4n) is 3.89. The highest BCUT2D eigenvalue weighted by atomic mass is 16.7. The highest BCUT2D eigenvalue weighted by Gasteiger charge is 2.27. The second-order valence-corrected chi connectivity index (χ2v) is 7.70. The molecule has 6 heteroatoms. The van der Waals surface area contributed by atoms with Gasteiger partial charge in [0.15, 0.2) is 11.5 Å². The molecule has 0 aliphatic carbocycles. The number of piperidine rings is 1. The number of hydrogen-bond donors (Lipinski definition) is 1. The molecular formula is C23H26N2O4. The van der Waals surface area contributed by atoms with E-state index in [2.05, 4.69) is 30.4 Å². The van der Waals surface area contributed by atoms with Crippen molar-refractivity contribution in [3.05, 3.63) is 53.6 Å². The Bertz CT molecular complexity index is 904. The Kier molecular flexibility index (Phi) is 5.69. The van der Waals surface area contributed by atoms with Gasteiger partial charge in [-0.2, -0.15) is 0 Å². The molecule has 4 rings (SSSR count). The van der Waals surface area contributed by atoms with E-state index < -0.39 is 0 Å². The number of benzene rings is 2. The van der Waals surface area contributed by atoms with Crippen molar-refractivity contribution in [3.63, 3.8) is 0 Å². The monoisotopic (exact) mass is 394 g/mol. The first kappa shape index (κ1) is 19.3. The second-order valence-electron chi connectivity index (χ2n) is 7.70. The maximum Gasteiger partial charge on any atom is 0.231 e. The van der Waals surface area contributed by atoms with Crippen molar-refractivity contribution in [1.29, 1.82) is 0 Å². The minimum absolute atomic E-state index is 0.00396. The van der Waals surface area contributed by atoms with E-state index in [1.165, 1.54) is 11.1 Å². The topological polar surface area (TPSA) is 67.9 Å². The van der Waals surface area contributed by atoms with E-state index in [1.807, 2.05) is 17.0 Å². The zero-order valence-electron chi connectivity index (χ0n) is 16.6. The summed E-state index contributed by atoms with van der Waals surface area (Å²) in [5.74, 6) is 1.43. The van der Waals surface area contributed by atoms with Gasteiger partial charge in [-0.25, -0.2) is 0 Å². The van der Waals surface area contributed by atoms with Crippen molar-refractivity contribution in [2.45, 2.75) is 32.6 Å². The van der Waals surface area contributed by atoms with E-state index in [0.29, 0.717) is 49.5 Å². The summed E-state index contributed by atoms with van der Waals surface area (Å²) in [5, 5.41) is 2.96. The Labute approximate surface area is 170 Å². The summed E-state index contributed by atoms with van der Waals surface area (Å²) < 4.78 is 10.6. The summed E-state index contributed by atoms with van der Waals surface area (Å²) in [6.07, 6.45) is 2.64. The molecule has 6 nitrogen and oxygen atoms in total. The minimum Gasteiger partial charge on any atom is -0.454 e. The van der Waals surface area contributed by atoms with Crippen LogP contribution in [0.3, 0.4) is 0 Å². The van der Waals surface area contributed by atoms with Crippen LogP contribution >= 0.6 is 0 Å². The Morgan fingerprint density at radius 2 is 1.86 bits per heavy atom. The van der Waals surface area contributed by atoms with Crippen LogP contribution < -0.4 is 14.8 Å². The number of nitrogens with zero attached hydrogens (tertiary/aromatic N) is 1. The molecule has 29 heavy (non-hydrogen) atoms. The molecule has 0 saturated carbocycles. The number of aryl methyl sites for hydroxylation is 2. The smallest absolute Gasteiger partial charge is 0.231 e. The molecule has 1 saturated heterocycles. The lowest BCUT2D eigenvalue weighted by atomic mass is 9.95. The third-order valence-electron chi connectivity index (χ3n) is 5.57. The first-order valence-electron chi connectivity index (χ1n) is 10.1. The first-order chi connectivity index (χ1) is 14.1. The van der Waals surface area contributed by atoms with Gasteiger partial charge in [0.1, 0.15) is 0 Å². The molecule has 152 valence electrons. The molecule has 0 unspecified atom stereocenters. The maximum atomic E-state index is 12.6. The molecule has 2 aliphatic heterocycles. The predicted molar refractivity (Wildman–Crippen MR) is 110 cm³/mol. The molecule has 0 spiro atoms. The van der Waals surface area contributed by atoms with Gasteiger partial charge in [0.25, 0.3) is 0 Å². The van der Waals surface area contributed by atoms with Crippen molar-refractivity contribution in [1.82, 2.24) is 4.90 Å². The quantitative estimate of drug-likeness (QED) is 0.842. The fourth-order valence-corrected chi connectivity index (χ4v) is 3.89. The number of carbonyl (C=O) groups is 2. The van der Waals surface area contributed by atoms with E-state index in [-0.39, 0.29) is 24.5 Å². The van der Waals surface area contributed by atoms with Crippen LogP contribution in [-0.4, -0.2) is 36.6 Å². The van der Waals surface area contributed by atoms with Crippen molar-refractivity contribution in [3.8, 4) is 11.5 Å². The molecule has 2 aromatic carbocycles. The largest absolute Gasteiger partial charge is 0.454 e. The zero-order valence-corrected chi connectivity index (χ0v) is 16.6. The van der Waals surface area contributed by atoms with Crippen molar-refractivity contribution in [2.75, 3.05) is 25.2 Å². The first-order valence-corrected chi connectivity index (χ1v) is 10.1. The van der Waals surface area contributed by atoms with Gasteiger partial charge in [-0.15, -0.1) is 0 Å². The van der Waals surface area contributed by atoms with Gasteiger partial charge < -0.3 is 19.7 Å². The van der Waals surface area contributed by atoms with E-state index in [1.54, 1.807) is 12.1 Å². The summed E-state index contributed by atoms with van der Waals surface area (Å²) >= 11 is 0. The van der Waals surface area contributed by atoms with Gasteiger partial charge >= 0.3 is 0 Å². The summed E-state index contributed by atoms with van der Waals surface area (Å²) in [7, 11) is 0. The highest BCUT2D eigenvalue weighted by molar-refractivity contribution is 5.93. The lowest BCUT2D eigenvalue weighted by molar-refractivity contribution is -0.134. The van der Waals surface area contributed by atoms with E-state index >= 15 is 0 Å². The third-order valence-corrected chi connectivity index (χ3v) is 5.57. The summed E-state index contributed by atoms with van der Waals surface area (Å²) in [6, 6.07) is 13.7. The van der Waals surface area contributed by atoms with Crippen molar-refractivity contribution >= 4 is 17.5 Å². The molecule has 0 atom stereocenters. The van der Waals surface area contributed by atoms with Gasteiger partial charge in [0.05, 0.1) is 0 Å². The lowest BCUT2D eigenvalue weighted by Gasteiger charge is -2.31. The number of ether oxygens (including phenoxy) is 2. The number of carbonyl (C=O) groups excluding carboxylic acids is 2. The second kappa shape index (κ2) is 8.55. The maximum absolute atomic E-state index is 12.6. The summed E-state index contributed by atoms with van der Waals surface area (Å²) in [6.45, 7) is 3.53. The van der Waals surface area contributed by atoms with Crippen LogP contribution in [0.2, 0.25) is 0 Å². The molecule has 1 N–H and O–H groups in total. The number of likely N-dealkylation sites (tertiary alicyclic amines) is 1. The Balaban J connectivity index is 1.24. The van der Waals surface area contributed by atoms with Crippen LogP contribution in [0.15, 0.2) is 42.5 Å². The molecule has 1 fully saturated rings. The van der Waals surface area contributed by atoms with Gasteiger partial charge in [0.2, 0.25) is 18.6 Å². The van der Waals surface area contributed by atoms with E-state index in [9.17, 15) is 9.59 Å². The number of hydrogen-bond acceptors (Lipinski definition) is 4. The number of anilines is 1. The molecule has 0 bridgehead atoms. The van der Waals surface area contributed by atoms with Gasteiger partial charge in [0, 0.05) is 37.2 Å². The average Bonchev–Trinajstić information content (AvgIpc) is 3.20. The van der Waals surface area contributed by atoms with Gasteiger partial charge in [-0.3, -0.25) is 9.59 Å². The normalized spacial score (nSPS) is 16.0. The summed E-state index contributed by atoms with van der Waals surface area (Å²) in [4.78, 5) is 27.0. The van der Waals surface area contributed by atoms with E-state index in [4.69, 9.17) is 9.47 Å². The lowest BCUT2D eigenvalue weighted by Crippen LogP contribution is -2.41. The SMILES string of the molecule is Cc1cccc(CCC(=O)N2CCC(C(=O)Nc3ccc4c(c3)OCO4)CC2)c1. The van der Waals surface area contributed by atoms with Gasteiger partial charge in [-0.1, -0.05) is 29.8 Å². The molecule has 0 aromatic heterocycles. The van der Waals surface area contributed by atoms with E-state index in [0.717, 1.165) is 6.42 Å². The minimum atomic E-state index is -0.0822. The molecule has 2 amide bonds. The Morgan fingerprint density at radius 3 is 2.66 bits per heavy atom. The van der Waals surface area contributed by atoms with Crippen molar-refractivity contribution in [2.24, 2.45) is 5.92 Å². The van der Waals surface area contributed by atoms with Crippen LogP contribution in [0.25, 0.3) is 0 Å². The molecular weight excluding hydrogens is 368 g/mol. The molecule has 2 aromatic rings. The fraction of sp³-hybridized carbons (Fsp3) is 0.391. The standard InChI is InChI=1S/C23H26N2O4/c1-16-3-2-4-17(13-16)5-8-22(26)25-11-9-18(10-12-25)23(27)24-19-6-7-20-21(14-19)29-15-28-20/h2-4,6-7,13-14,18H,5,8-12,15H2,1H3,(H,24,27). The average molecular weight is 394 g/mol.